The molecule has 0 amide bonds. The lowest BCUT2D eigenvalue weighted by Gasteiger charge is -2.04. The van der Waals surface area contributed by atoms with Gasteiger partial charge in [0.2, 0.25) is 0 Å². The van der Waals surface area contributed by atoms with E-state index in [0.29, 0.717) is 0 Å². The zero-order valence-electron chi connectivity index (χ0n) is 9.21. The van der Waals surface area contributed by atoms with Crippen LogP contribution in [0.4, 0.5) is 0 Å². The molecule has 2 aromatic carbocycles. The van der Waals surface area contributed by atoms with Crippen LogP contribution in [0.2, 0.25) is 5.02 Å². The Morgan fingerprint density at radius 2 is 1.80 bits per heavy atom. The van der Waals surface area contributed by atoms with Crippen molar-refractivity contribution in [3.8, 4) is 5.75 Å². The Morgan fingerprint density at radius 3 is 2.47 bits per heavy atom. The van der Waals surface area contributed by atoms with Gasteiger partial charge in [-0.2, -0.15) is 0 Å². The first kappa shape index (κ1) is 11.9. The third kappa shape index (κ3) is 2.42. The number of phenols is 1. The lowest BCUT2D eigenvalue weighted by atomic mass is 10.1. The molecular formula is C13H15ClO. The molecule has 2 aromatic rings. The van der Waals surface area contributed by atoms with E-state index in [-0.39, 0.29) is 5.75 Å². The average Bonchev–Trinajstić information content (AvgIpc) is 2.19. The lowest BCUT2D eigenvalue weighted by molar-refractivity contribution is 0.476. The average molecular weight is 223 g/mol. The highest BCUT2D eigenvalue weighted by molar-refractivity contribution is 6.35. The SMILES string of the molecule is CC.Cc1cc(O)cc2cccc(Cl)c12. The molecule has 0 aliphatic heterocycles. The highest BCUT2D eigenvalue weighted by Gasteiger charge is 2.02. The maximum Gasteiger partial charge on any atom is 0.116 e. The molecule has 1 nitrogen and oxygen atoms in total. The van der Waals surface area contributed by atoms with Crippen LogP contribution in [0.3, 0.4) is 0 Å². The standard InChI is InChI=1S/C11H9ClO.C2H6/c1-7-5-9(13)6-8-3-2-4-10(12)11(7)8;1-2/h2-6,13H,1H3;1-2H3. The van der Waals surface area contributed by atoms with Crippen LogP contribution in [0, 0.1) is 6.92 Å². The van der Waals surface area contributed by atoms with Gasteiger partial charge < -0.3 is 5.11 Å². The molecule has 0 atom stereocenters. The Kier molecular flexibility index (Phi) is 3.98. The van der Waals surface area contributed by atoms with Crippen LogP contribution in [0.25, 0.3) is 10.8 Å². The highest BCUT2D eigenvalue weighted by atomic mass is 35.5. The normalized spacial score (nSPS) is 9.60. The first-order chi connectivity index (χ1) is 7.18. The summed E-state index contributed by atoms with van der Waals surface area (Å²) in [7, 11) is 0. The topological polar surface area (TPSA) is 20.2 Å². The van der Waals surface area contributed by atoms with Crippen molar-refractivity contribution in [1.29, 1.82) is 0 Å². The predicted molar refractivity (Wildman–Crippen MR) is 66.7 cm³/mol. The van der Waals surface area contributed by atoms with Gasteiger partial charge >= 0.3 is 0 Å². The molecular weight excluding hydrogens is 208 g/mol. The smallest absolute Gasteiger partial charge is 0.116 e. The van der Waals surface area contributed by atoms with Crippen molar-refractivity contribution < 1.29 is 5.11 Å². The molecule has 0 aliphatic rings. The number of rotatable bonds is 0. The van der Waals surface area contributed by atoms with E-state index in [1.54, 1.807) is 12.1 Å². The molecule has 2 rings (SSSR count). The maximum absolute atomic E-state index is 9.36. The Morgan fingerprint density at radius 1 is 1.13 bits per heavy atom. The number of aryl methyl sites for hydroxylation is 1. The van der Waals surface area contributed by atoms with Gasteiger partial charge in [-0.1, -0.05) is 37.6 Å². The highest BCUT2D eigenvalue weighted by Crippen LogP contribution is 2.29. The van der Waals surface area contributed by atoms with E-state index in [1.807, 2.05) is 39.0 Å². The Balaban J connectivity index is 0.000000531. The third-order valence-electron chi connectivity index (χ3n) is 2.11. The Hall–Kier alpha value is -1.21. The number of fused-ring (bicyclic) bond motifs is 1. The predicted octanol–water partition coefficient (Wildman–Crippen LogP) is 4.53. The molecule has 80 valence electrons. The van der Waals surface area contributed by atoms with E-state index in [9.17, 15) is 5.11 Å². The fourth-order valence-electron chi connectivity index (χ4n) is 1.57. The van der Waals surface area contributed by atoms with Crippen molar-refractivity contribution in [3.05, 3.63) is 40.9 Å². The molecule has 0 bridgehead atoms. The van der Waals surface area contributed by atoms with E-state index in [2.05, 4.69) is 0 Å². The largest absolute Gasteiger partial charge is 0.508 e. The van der Waals surface area contributed by atoms with Gasteiger partial charge in [-0.25, -0.2) is 0 Å². The molecule has 1 N–H and O–H groups in total. The van der Waals surface area contributed by atoms with Gasteiger partial charge in [0, 0.05) is 10.4 Å². The molecule has 2 heteroatoms. The fourth-order valence-corrected chi connectivity index (χ4v) is 1.90. The minimum absolute atomic E-state index is 0.285. The van der Waals surface area contributed by atoms with Gasteiger partial charge in [-0.05, 0) is 36.1 Å². The third-order valence-corrected chi connectivity index (χ3v) is 2.42. The molecule has 0 fully saturated rings. The zero-order chi connectivity index (χ0) is 11.4. The van der Waals surface area contributed by atoms with Gasteiger partial charge in [0.15, 0.2) is 0 Å². The lowest BCUT2D eigenvalue weighted by Crippen LogP contribution is -1.79. The molecule has 0 aliphatic carbocycles. The summed E-state index contributed by atoms with van der Waals surface area (Å²) in [5, 5.41) is 12.1. The summed E-state index contributed by atoms with van der Waals surface area (Å²) in [6, 6.07) is 9.11. The number of hydrogen-bond acceptors (Lipinski definition) is 1. The van der Waals surface area contributed by atoms with Crippen molar-refractivity contribution in [3.63, 3.8) is 0 Å². The second kappa shape index (κ2) is 5.04. The summed E-state index contributed by atoms with van der Waals surface area (Å²) in [6.07, 6.45) is 0. The summed E-state index contributed by atoms with van der Waals surface area (Å²) in [4.78, 5) is 0. The van der Waals surface area contributed by atoms with Gasteiger partial charge in [0.1, 0.15) is 5.75 Å². The van der Waals surface area contributed by atoms with Gasteiger partial charge in [-0.15, -0.1) is 0 Å². The summed E-state index contributed by atoms with van der Waals surface area (Å²) >= 11 is 6.03. The molecule has 0 spiro atoms. The van der Waals surface area contributed by atoms with Gasteiger partial charge in [0.25, 0.3) is 0 Å². The Bertz CT molecular complexity index is 463. The first-order valence-corrected chi connectivity index (χ1v) is 5.44. The van der Waals surface area contributed by atoms with Crippen LogP contribution in [0.5, 0.6) is 5.75 Å². The van der Waals surface area contributed by atoms with E-state index in [0.717, 1.165) is 21.4 Å². The molecule has 0 heterocycles. The van der Waals surface area contributed by atoms with Crippen molar-refractivity contribution >= 4 is 22.4 Å². The number of hydrogen-bond donors (Lipinski definition) is 1. The summed E-state index contributed by atoms with van der Waals surface area (Å²) < 4.78 is 0. The van der Waals surface area contributed by atoms with Crippen molar-refractivity contribution in [2.24, 2.45) is 0 Å². The maximum atomic E-state index is 9.36. The second-order valence-electron chi connectivity index (χ2n) is 3.10. The van der Waals surface area contributed by atoms with Crippen molar-refractivity contribution in [1.82, 2.24) is 0 Å². The molecule has 0 saturated carbocycles. The molecule has 15 heavy (non-hydrogen) atoms. The number of aromatic hydroxyl groups is 1. The van der Waals surface area contributed by atoms with Crippen LogP contribution in [0.15, 0.2) is 30.3 Å². The van der Waals surface area contributed by atoms with E-state index < -0.39 is 0 Å². The number of phenolic OH excluding ortho intramolecular Hbond substituents is 1. The zero-order valence-corrected chi connectivity index (χ0v) is 9.97. The van der Waals surface area contributed by atoms with E-state index in [4.69, 9.17) is 11.6 Å². The van der Waals surface area contributed by atoms with Crippen LogP contribution in [-0.2, 0) is 0 Å². The first-order valence-electron chi connectivity index (χ1n) is 5.06. The fraction of sp³-hybridized carbons (Fsp3) is 0.231. The van der Waals surface area contributed by atoms with Crippen molar-refractivity contribution in [2.75, 3.05) is 0 Å². The number of benzene rings is 2. The van der Waals surface area contributed by atoms with Crippen LogP contribution in [0.1, 0.15) is 19.4 Å². The quantitative estimate of drug-likeness (QED) is 0.694. The minimum atomic E-state index is 0.285. The minimum Gasteiger partial charge on any atom is -0.508 e. The summed E-state index contributed by atoms with van der Waals surface area (Å²) in [5.74, 6) is 0.285. The second-order valence-corrected chi connectivity index (χ2v) is 3.51. The van der Waals surface area contributed by atoms with Crippen LogP contribution in [-0.4, -0.2) is 5.11 Å². The van der Waals surface area contributed by atoms with Gasteiger partial charge in [0.05, 0.1) is 0 Å². The van der Waals surface area contributed by atoms with Crippen molar-refractivity contribution in [2.45, 2.75) is 20.8 Å². The monoisotopic (exact) mass is 222 g/mol. The molecule has 0 unspecified atom stereocenters. The summed E-state index contributed by atoms with van der Waals surface area (Å²) in [5.41, 5.74) is 1.00. The van der Waals surface area contributed by atoms with E-state index in [1.165, 1.54) is 0 Å². The Labute approximate surface area is 95.3 Å². The molecule has 0 saturated heterocycles. The van der Waals surface area contributed by atoms with Gasteiger partial charge in [-0.3, -0.25) is 0 Å². The van der Waals surface area contributed by atoms with Crippen LogP contribution < -0.4 is 0 Å². The molecule has 0 aromatic heterocycles. The van der Waals surface area contributed by atoms with Crippen LogP contribution >= 0.6 is 11.6 Å². The number of halogens is 1. The summed E-state index contributed by atoms with van der Waals surface area (Å²) in [6.45, 7) is 5.94. The molecule has 0 radical (unpaired) electrons. The van der Waals surface area contributed by atoms with E-state index >= 15 is 0 Å².